The third-order valence-electron chi connectivity index (χ3n) is 2.24. The molecule has 0 spiro atoms. The molecule has 1 heterocycles. The van der Waals surface area contributed by atoms with E-state index in [0.717, 1.165) is 0 Å². The van der Waals surface area contributed by atoms with Gasteiger partial charge < -0.3 is 5.11 Å². The standard InChI is InChI=1S/C11H7N3O3/c15-5-8-1-7(2-10(14-17)11(8)16)9-3-12-6-13-4-9/h1-6,16H. The Balaban J connectivity index is 2.64. The smallest absolute Gasteiger partial charge is 0.155 e. The summed E-state index contributed by atoms with van der Waals surface area (Å²) in [5.74, 6) is -0.421. The van der Waals surface area contributed by atoms with E-state index in [1.165, 1.54) is 30.9 Å². The Labute approximate surface area is 95.9 Å². The second-order valence-corrected chi connectivity index (χ2v) is 3.27. The van der Waals surface area contributed by atoms with Crippen molar-refractivity contribution in [1.82, 2.24) is 9.97 Å². The molecule has 84 valence electrons. The second-order valence-electron chi connectivity index (χ2n) is 3.27. The molecular weight excluding hydrogens is 222 g/mol. The predicted molar refractivity (Wildman–Crippen MR) is 60.0 cm³/mol. The van der Waals surface area contributed by atoms with Crippen LogP contribution >= 0.6 is 0 Å². The zero-order valence-corrected chi connectivity index (χ0v) is 8.57. The van der Waals surface area contributed by atoms with Gasteiger partial charge in [0, 0.05) is 18.0 Å². The van der Waals surface area contributed by atoms with Crippen LogP contribution in [0.3, 0.4) is 0 Å². The van der Waals surface area contributed by atoms with E-state index < -0.39 is 5.75 Å². The second kappa shape index (κ2) is 4.48. The number of rotatable bonds is 3. The fraction of sp³-hybridized carbons (Fsp3) is 0. The summed E-state index contributed by atoms with van der Waals surface area (Å²) in [5, 5.41) is 12.2. The van der Waals surface area contributed by atoms with E-state index in [1.807, 2.05) is 0 Å². The predicted octanol–water partition coefficient (Wildman–Crippen LogP) is 2.06. The highest BCUT2D eigenvalue weighted by atomic mass is 16.3. The van der Waals surface area contributed by atoms with Crippen LogP contribution in [0.5, 0.6) is 5.75 Å². The van der Waals surface area contributed by atoms with Crippen molar-refractivity contribution in [3.8, 4) is 16.9 Å². The van der Waals surface area contributed by atoms with E-state index in [4.69, 9.17) is 0 Å². The van der Waals surface area contributed by atoms with Gasteiger partial charge >= 0.3 is 0 Å². The first-order chi connectivity index (χ1) is 8.26. The molecular formula is C11H7N3O3. The number of nitrogens with zero attached hydrogens (tertiary/aromatic N) is 3. The van der Waals surface area contributed by atoms with Crippen LogP contribution in [0.25, 0.3) is 11.1 Å². The van der Waals surface area contributed by atoms with Crippen molar-refractivity contribution < 1.29 is 9.90 Å². The molecule has 0 saturated heterocycles. The van der Waals surface area contributed by atoms with E-state index in [2.05, 4.69) is 15.1 Å². The van der Waals surface area contributed by atoms with Crippen molar-refractivity contribution in [2.75, 3.05) is 0 Å². The van der Waals surface area contributed by atoms with Crippen LogP contribution < -0.4 is 0 Å². The molecule has 1 N–H and O–H groups in total. The number of hydrogen-bond acceptors (Lipinski definition) is 6. The van der Waals surface area contributed by atoms with Crippen LogP contribution in [0.4, 0.5) is 5.69 Å². The van der Waals surface area contributed by atoms with Crippen LogP contribution in [-0.2, 0) is 0 Å². The summed E-state index contributed by atoms with van der Waals surface area (Å²) < 4.78 is 0. The normalized spacial score (nSPS) is 9.88. The Morgan fingerprint density at radius 2 is 1.88 bits per heavy atom. The number of nitroso groups, excluding NO2 is 1. The van der Waals surface area contributed by atoms with E-state index in [-0.39, 0.29) is 11.3 Å². The maximum atomic E-state index is 10.7. The van der Waals surface area contributed by atoms with Crippen molar-refractivity contribution >= 4 is 12.0 Å². The number of hydrogen-bond donors (Lipinski definition) is 1. The van der Waals surface area contributed by atoms with Crippen molar-refractivity contribution in [2.24, 2.45) is 5.18 Å². The molecule has 1 aromatic heterocycles. The fourth-order valence-electron chi connectivity index (χ4n) is 1.42. The van der Waals surface area contributed by atoms with E-state index in [0.29, 0.717) is 17.4 Å². The molecule has 0 unspecified atom stereocenters. The summed E-state index contributed by atoms with van der Waals surface area (Å²) in [7, 11) is 0. The Bertz CT molecular complexity index is 540. The Morgan fingerprint density at radius 3 is 2.47 bits per heavy atom. The number of carbonyl (C=O) groups is 1. The van der Waals surface area contributed by atoms with Gasteiger partial charge in [0.25, 0.3) is 0 Å². The third kappa shape index (κ3) is 2.00. The number of carbonyl (C=O) groups excluding carboxylic acids is 1. The molecule has 1 aromatic carbocycles. The van der Waals surface area contributed by atoms with Crippen LogP contribution in [0.2, 0.25) is 0 Å². The number of aromatic nitrogens is 2. The average Bonchev–Trinajstić information content (AvgIpc) is 2.40. The van der Waals surface area contributed by atoms with Crippen molar-refractivity contribution in [3.05, 3.63) is 41.3 Å². The summed E-state index contributed by atoms with van der Waals surface area (Å²) in [4.78, 5) is 28.9. The van der Waals surface area contributed by atoms with E-state index in [9.17, 15) is 14.8 Å². The van der Waals surface area contributed by atoms with Crippen molar-refractivity contribution in [1.29, 1.82) is 0 Å². The number of phenolic OH excluding ortho intramolecular Hbond substituents is 1. The van der Waals surface area contributed by atoms with Gasteiger partial charge in [-0.15, -0.1) is 4.91 Å². The molecule has 0 radical (unpaired) electrons. The lowest BCUT2D eigenvalue weighted by Crippen LogP contribution is -1.87. The first kappa shape index (κ1) is 10.9. The van der Waals surface area contributed by atoms with Gasteiger partial charge in [-0.1, -0.05) is 0 Å². The van der Waals surface area contributed by atoms with Crippen molar-refractivity contribution in [3.63, 3.8) is 0 Å². The maximum absolute atomic E-state index is 10.7. The Hall–Kier alpha value is -2.63. The summed E-state index contributed by atoms with van der Waals surface area (Å²) in [5.41, 5.74) is 0.981. The molecule has 0 aliphatic rings. The first-order valence-corrected chi connectivity index (χ1v) is 4.67. The summed E-state index contributed by atoms with van der Waals surface area (Å²) in [6, 6.07) is 2.81. The molecule has 0 aliphatic heterocycles. The first-order valence-electron chi connectivity index (χ1n) is 4.67. The minimum absolute atomic E-state index is 0.000882. The van der Waals surface area contributed by atoms with Crippen LogP contribution in [0, 0.1) is 4.91 Å². The maximum Gasteiger partial charge on any atom is 0.155 e. The van der Waals surface area contributed by atoms with Crippen LogP contribution in [-0.4, -0.2) is 21.4 Å². The average molecular weight is 229 g/mol. The largest absolute Gasteiger partial charge is 0.505 e. The Morgan fingerprint density at radius 1 is 1.18 bits per heavy atom. The molecule has 0 atom stereocenters. The number of phenols is 1. The summed E-state index contributed by atoms with van der Waals surface area (Å²) in [6.45, 7) is 0. The number of aldehydes is 1. The number of aromatic hydroxyl groups is 1. The molecule has 0 bridgehead atoms. The quantitative estimate of drug-likeness (QED) is 0.642. The number of benzene rings is 1. The zero-order chi connectivity index (χ0) is 12.3. The highest BCUT2D eigenvalue weighted by Crippen LogP contribution is 2.34. The molecule has 6 heteroatoms. The molecule has 2 rings (SSSR count). The van der Waals surface area contributed by atoms with E-state index in [1.54, 1.807) is 0 Å². The summed E-state index contributed by atoms with van der Waals surface area (Å²) >= 11 is 0. The molecule has 6 nitrogen and oxygen atoms in total. The topological polar surface area (TPSA) is 92.5 Å². The van der Waals surface area contributed by atoms with Gasteiger partial charge in [-0.3, -0.25) is 4.79 Å². The van der Waals surface area contributed by atoms with Gasteiger partial charge in [-0.25, -0.2) is 9.97 Å². The van der Waals surface area contributed by atoms with E-state index >= 15 is 0 Å². The highest BCUT2D eigenvalue weighted by molar-refractivity contribution is 5.86. The highest BCUT2D eigenvalue weighted by Gasteiger charge is 2.11. The van der Waals surface area contributed by atoms with Gasteiger partial charge in [-0.05, 0) is 22.9 Å². The molecule has 0 saturated carbocycles. The van der Waals surface area contributed by atoms with Gasteiger partial charge in [0.1, 0.15) is 6.33 Å². The minimum atomic E-state index is -0.421. The van der Waals surface area contributed by atoms with Gasteiger partial charge in [0.05, 0.1) is 5.56 Å². The monoisotopic (exact) mass is 229 g/mol. The minimum Gasteiger partial charge on any atom is -0.505 e. The lowest BCUT2D eigenvalue weighted by Gasteiger charge is -2.04. The van der Waals surface area contributed by atoms with Crippen LogP contribution in [0.1, 0.15) is 10.4 Å². The molecule has 0 aliphatic carbocycles. The van der Waals surface area contributed by atoms with Crippen molar-refractivity contribution in [2.45, 2.75) is 0 Å². The Kier molecular flexibility index (Phi) is 2.87. The lowest BCUT2D eigenvalue weighted by molar-refractivity contribution is 0.112. The zero-order valence-electron chi connectivity index (χ0n) is 8.57. The molecule has 0 fully saturated rings. The third-order valence-corrected chi connectivity index (χ3v) is 2.24. The lowest BCUT2D eigenvalue weighted by atomic mass is 10.0. The molecule has 2 aromatic rings. The summed E-state index contributed by atoms with van der Waals surface area (Å²) in [6.07, 6.45) is 4.88. The molecule has 17 heavy (non-hydrogen) atoms. The molecule has 0 amide bonds. The van der Waals surface area contributed by atoms with Gasteiger partial charge in [0.15, 0.2) is 17.7 Å². The van der Waals surface area contributed by atoms with Gasteiger partial charge in [-0.2, -0.15) is 0 Å². The fourth-order valence-corrected chi connectivity index (χ4v) is 1.42. The SMILES string of the molecule is O=Cc1cc(-c2cncnc2)cc(N=O)c1O. The van der Waals surface area contributed by atoms with Gasteiger partial charge in [0.2, 0.25) is 0 Å². The van der Waals surface area contributed by atoms with Crippen LogP contribution in [0.15, 0.2) is 36.0 Å².